The quantitative estimate of drug-likeness (QED) is 0.497. The normalized spacial score (nSPS) is 15.2. The van der Waals surface area contributed by atoms with Crippen molar-refractivity contribution in [3.63, 3.8) is 0 Å². The highest BCUT2D eigenvalue weighted by atomic mass is 35.5. The van der Waals surface area contributed by atoms with Gasteiger partial charge in [-0.25, -0.2) is 4.39 Å². The predicted molar refractivity (Wildman–Crippen MR) is 98.6 cm³/mol. The summed E-state index contributed by atoms with van der Waals surface area (Å²) in [4.78, 5) is 0. The maximum atomic E-state index is 13.7. The molecule has 5 heteroatoms. The summed E-state index contributed by atoms with van der Waals surface area (Å²) in [7, 11) is 0. The summed E-state index contributed by atoms with van der Waals surface area (Å²) < 4.78 is 18.2. The first-order valence-electron chi connectivity index (χ1n) is 7.79. The van der Waals surface area contributed by atoms with Crippen LogP contribution in [0, 0.1) is 5.82 Å². The first-order valence-corrected chi connectivity index (χ1v) is 9.05. The van der Waals surface area contributed by atoms with E-state index in [1.165, 1.54) is 11.8 Å². The molecule has 0 aromatic heterocycles. The number of rotatable bonds is 5. The zero-order valence-electron chi connectivity index (χ0n) is 13.2. The maximum absolute atomic E-state index is 13.7. The van der Waals surface area contributed by atoms with Gasteiger partial charge in [0.25, 0.3) is 0 Å². The lowest BCUT2D eigenvalue weighted by Crippen LogP contribution is -2.26. The number of anilines is 2. The molecule has 0 fully saturated rings. The maximum Gasteiger partial charge on any atom is 0.123 e. The number of nitrogens with zero attached hydrogens (tertiary/aromatic N) is 2. The van der Waals surface area contributed by atoms with Crippen LogP contribution < -0.4 is 8.61 Å². The van der Waals surface area contributed by atoms with Crippen molar-refractivity contribution in [3.8, 4) is 0 Å². The largest absolute Gasteiger partial charge is 0.294 e. The second-order valence-corrected chi connectivity index (χ2v) is 7.19. The summed E-state index contributed by atoms with van der Waals surface area (Å²) in [6.45, 7) is 4.35. The fourth-order valence-corrected chi connectivity index (χ4v) is 4.26. The molecule has 0 saturated carbocycles. The van der Waals surface area contributed by atoms with Crippen LogP contribution in [-0.4, -0.2) is 11.9 Å². The van der Waals surface area contributed by atoms with E-state index in [9.17, 15) is 4.39 Å². The van der Waals surface area contributed by atoms with Crippen LogP contribution in [0.3, 0.4) is 0 Å². The second-order valence-electron chi connectivity index (χ2n) is 5.86. The molecular weight excluding hydrogens is 331 g/mol. The molecular formula is C18H20ClFN2S. The van der Waals surface area contributed by atoms with Crippen molar-refractivity contribution in [1.29, 1.82) is 0 Å². The Morgan fingerprint density at radius 3 is 2.35 bits per heavy atom. The van der Waals surface area contributed by atoms with Crippen LogP contribution in [-0.2, 0) is 0 Å². The Kier molecular flexibility index (Phi) is 5.02. The van der Waals surface area contributed by atoms with E-state index in [2.05, 4.69) is 40.7 Å². The van der Waals surface area contributed by atoms with Gasteiger partial charge in [-0.15, -0.1) is 11.6 Å². The third-order valence-corrected chi connectivity index (χ3v) is 5.54. The Hall–Kier alpha value is -1.39. The molecule has 0 radical (unpaired) electrons. The lowest BCUT2D eigenvalue weighted by Gasteiger charge is -2.29. The Balaban J connectivity index is 2.01. The van der Waals surface area contributed by atoms with E-state index in [-0.39, 0.29) is 11.9 Å². The predicted octanol–water partition coefficient (Wildman–Crippen LogP) is 5.79. The monoisotopic (exact) mass is 350 g/mol. The van der Waals surface area contributed by atoms with Gasteiger partial charge in [-0.3, -0.25) is 8.61 Å². The van der Waals surface area contributed by atoms with Gasteiger partial charge in [0.15, 0.2) is 0 Å². The van der Waals surface area contributed by atoms with Crippen LogP contribution in [0.1, 0.15) is 31.9 Å². The van der Waals surface area contributed by atoms with Gasteiger partial charge < -0.3 is 0 Å². The molecule has 2 nitrogen and oxygen atoms in total. The average molecular weight is 351 g/mol. The third kappa shape index (κ3) is 3.29. The first-order chi connectivity index (χ1) is 11.1. The average Bonchev–Trinajstić information content (AvgIpc) is 2.92. The van der Waals surface area contributed by atoms with E-state index in [1.807, 2.05) is 12.1 Å². The van der Waals surface area contributed by atoms with E-state index in [1.54, 1.807) is 24.3 Å². The van der Waals surface area contributed by atoms with E-state index in [0.29, 0.717) is 11.9 Å². The van der Waals surface area contributed by atoms with Gasteiger partial charge in [0.1, 0.15) is 5.82 Å². The number of para-hydroxylation sites is 2. The minimum Gasteiger partial charge on any atom is -0.294 e. The molecule has 0 amide bonds. The van der Waals surface area contributed by atoms with Crippen LogP contribution in [0.25, 0.3) is 0 Å². The smallest absolute Gasteiger partial charge is 0.123 e. The second kappa shape index (κ2) is 7.02. The minimum absolute atomic E-state index is 0.0399. The van der Waals surface area contributed by atoms with Gasteiger partial charge in [-0.05, 0) is 50.1 Å². The fourth-order valence-electron chi connectivity index (χ4n) is 2.85. The molecule has 2 aromatic carbocycles. The zero-order chi connectivity index (χ0) is 16.4. The highest BCUT2D eigenvalue weighted by molar-refractivity contribution is 8.02. The molecule has 1 aliphatic rings. The summed E-state index contributed by atoms with van der Waals surface area (Å²) in [5, 5.41) is 0. The SMILES string of the molecule is CC(C)N1SN(C(CCCl)c2cccc(F)c2)c2ccccc21. The van der Waals surface area contributed by atoms with E-state index < -0.39 is 0 Å². The van der Waals surface area contributed by atoms with Crippen molar-refractivity contribution in [2.24, 2.45) is 0 Å². The van der Waals surface area contributed by atoms with Crippen molar-refractivity contribution in [3.05, 3.63) is 59.9 Å². The van der Waals surface area contributed by atoms with E-state index >= 15 is 0 Å². The van der Waals surface area contributed by atoms with E-state index in [4.69, 9.17) is 11.6 Å². The standard InChI is InChI=1S/C18H20ClFN2S/c1-13(2)21-17-8-3-4-9-18(17)22(23-21)16(10-11-19)14-6-5-7-15(20)12-14/h3-9,12-13,16H,10-11H2,1-2H3. The van der Waals surface area contributed by atoms with Crippen molar-refractivity contribution in [1.82, 2.24) is 0 Å². The zero-order valence-corrected chi connectivity index (χ0v) is 14.8. The Morgan fingerprint density at radius 2 is 1.74 bits per heavy atom. The molecule has 0 bridgehead atoms. The van der Waals surface area contributed by atoms with Gasteiger partial charge in [0, 0.05) is 11.9 Å². The molecule has 122 valence electrons. The summed E-state index contributed by atoms with van der Waals surface area (Å²) in [5.41, 5.74) is 3.31. The van der Waals surface area contributed by atoms with Crippen LogP contribution in [0.5, 0.6) is 0 Å². The lowest BCUT2D eigenvalue weighted by molar-refractivity contribution is 0.618. The van der Waals surface area contributed by atoms with Crippen molar-refractivity contribution in [2.45, 2.75) is 32.4 Å². The van der Waals surface area contributed by atoms with E-state index in [0.717, 1.165) is 17.7 Å². The Bertz CT molecular complexity index is 680. The summed E-state index contributed by atoms with van der Waals surface area (Å²) in [6.07, 6.45) is 0.762. The van der Waals surface area contributed by atoms with Crippen molar-refractivity contribution < 1.29 is 4.39 Å². The Morgan fingerprint density at radius 1 is 1.04 bits per heavy atom. The molecule has 0 spiro atoms. The van der Waals surface area contributed by atoms with Gasteiger partial charge in [-0.2, -0.15) is 0 Å². The number of halogens is 2. The molecule has 2 aromatic rings. The molecule has 23 heavy (non-hydrogen) atoms. The van der Waals surface area contributed by atoms with Gasteiger partial charge in [0.2, 0.25) is 0 Å². The molecule has 1 aliphatic heterocycles. The first kappa shape index (κ1) is 16.5. The molecule has 1 atom stereocenters. The molecule has 1 heterocycles. The number of benzene rings is 2. The molecule has 0 saturated heterocycles. The molecule has 3 rings (SSSR count). The molecule has 1 unspecified atom stereocenters. The number of fused-ring (bicyclic) bond motifs is 1. The third-order valence-electron chi connectivity index (χ3n) is 3.90. The topological polar surface area (TPSA) is 6.48 Å². The van der Waals surface area contributed by atoms with Crippen LogP contribution in [0.15, 0.2) is 48.5 Å². The Labute approximate surface area is 146 Å². The van der Waals surface area contributed by atoms with Crippen LogP contribution in [0.4, 0.5) is 15.8 Å². The van der Waals surface area contributed by atoms with Gasteiger partial charge >= 0.3 is 0 Å². The highest BCUT2D eigenvalue weighted by Crippen LogP contribution is 2.50. The number of alkyl halides is 1. The number of hydrogen-bond acceptors (Lipinski definition) is 3. The summed E-state index contributed by atoms with van der Waals surface area (Å²) in [5.74, 6) is 0.322. The van der Waals surface area contributed by atoms with Crippen molar-refractivity contribution >= 4 is 35.1 Å². The summed E-state index contributed by atoms with van der Waals surface area (Å²) >= 11 is 7.73. The van der Waals surface area contributed by atoms with Gasteiger partial charge in [0.05, 0.1) is 29.6 Å². The molecule has 0 aliphatic carbocycles. The number of hydrogen-bond donors (Lipinski definition) is 0. The van der Waals surface area contributed by atoms with Crippen LogP contribution >= 0.6 is 23.7 Å². The fraction of sp³-hybridized carbons (Fsp3) is 0.333. The van der Waals surface area contributed by atoms with Gasteiger partial charge in [-0.1, -0.05) is 24.3 Å². The lowest BCUT2D eigenvalue weighted by atomic mass is 10.0. The minimum atomic E-state index is -0.208. The highest BCUT2D eigenvalue weighted by Gasteiger charge is 2.34. The van der Waals surface area contributed by atoms with Crippen LogP contribution in [0.2, 0.25) is 0 Å². The molecule has 0 N–H and O–H groups in total. The summed E-state index contributed by atoms with van der Waals surface area (Å²) in [6, 6.07) is 15.6. The van der Waals surface area contributed by atoms with Crippen molar-refractivity contribution in [2.75, 3.05) is 14.5 Å².